The number of primary amides is 2. The Labute approximate surface area is 179 Å². The second-order valence-electron chi connectivity index (χ2n) is 9.98. The molecule has 1 saturated heterocycles. The van der Waals surface area contributed by atoms with Crippen LogP contribution in [0.25, 0.3) is 0 Å². The molecule has 1 saturated carbocycles. The van der Waals surface area contributed by atoms with E-state index >= 15 is 0 Å². The number of phenols is 1. The number of hydrogen-bond acceptors (Lipinski definition) is 4. The Morgan fingerprint density at radius 3 is 2.63 bits per heavy atom. The third-order valence-electron chi connectivity index (χ3n) is 8.33. The molecule has 2 amide bonds. The summed E-state index contributed by atoms with van der Waals surface area (Å²) in [5, 5.41) is 10.2. The Balaban J connectivity index is 1.65. The topological polar surface area (TPSA) is 110 Å². The van der Waals surface area contributed by atoms with E-state index in [0.29, 0.717) is 18.4 Å². The number of nitrogens with zero attached hydrogens (tertiary/aromatic N) is 1. The molecule has 5 N–H and O–H groups in total. The molecular weight excluding hydrogens is 378 g/mol. The first-order valence-corrected chi connectivity index (χ1v) is 11.4. The monoisotopic (exact) mass is 413 g/mol. The molecule has 1 aromatic carbocycles. The number of aromatic hydroxyl groups is 1. The van der Waals surface area contributed by atoms with Crippen LogP contribution in [-0.4, -0.2) is 41.0 Å². The van der Waals surface area contributed by atoms with Crippen LogP contribution in [0.2, 0.25) is 0 Å². The van der Waals surface area contributed by atoms with Crippen molar-refractivity contribution in [2.45, 2.75) is 63.8 Å². The number of hydrogen-bond donors (Lipinski definition) is 3. The average Bonchev–Trinajstić information content (AvgIpc) is 3.50. The number of amides is 2. The number of benzene rings is 1. The fourth-order valence-electron chi connectivity index (χ4n) is 6.13. The Bertz CT molecular complexity index is 837. The van der Waals surface area contributed by atoms with Gasteiger partial charge in [0.2, 0.25) is 11.8 Å². The van der Waals surface area contributed by atoms with Crippen molar-refractivity contribution >= 4 is 11.8 Å². The largest absolute Gasteiger partial charge is 0.508 e. The van der Waals surface area contributed by atoms with E-state index in [0.717, 1.165) is 31.7 Å². The standard InChI is InChI=1S/C24H35N3O3/c1-14(22(25)29)19(23(26)30)7-8-24-9-10-27(13-16-3-4-16)21(15(24)2)11-17-5-6-18(28)12-20(17)24/h5-6,12,14-16,19,21,28H,3-4,7-11,13H2,1-2H3,(H2,25,29)(H2,26,30)/t14-,15-,19?,21+,24+/m0/s1. The van der Waals surface area contributed by atoms with Crippen molar-refractivity contribution in [3.8, 4) is 5.75 Å². The van der Waals surface area contributed by atoms with E-state index < -0.39 is 23.7 Å². The Kier molecular flexibility index (Phi) is 5.56. The van der Waals surface area contributed by atoms with Crippen LogP contribution in [0.5, 0.6) is 5.75 Å². The highest BCUT2D eigenvalue weighted by Crippen LogP contribution is 2.53. The van der Waals surface area contributed by atoms with Gasteiger partial charge in [-0.15, -0.1) is 0 Å². The van der Waals surface area contributed by atoms with Crippen LogP contribution in [0.15, 0.2) is 18.2 Å². The number of likely N-dealkylation sites (tertiary alicyclic amines) is 1. The molecule has 1 aliphatic heterocycles. The summed E-state index contributed by atoms with van der Waals surface area (Å²) >= 11 is 0. The maximum absolute atomic E-state index is 12.1. The van der Waals surface area contributed by atoms with Crippen LogP contribution >= 0.6 is 0 Å². The highest BCUT2D eigenvalue weighted by molar-refractivity contribution is 5.85. The number of nitrogens with two attached hydrogens (primary N) is 2. The molecular formula is C24H35N3O3. The zero-order chi connectivity index (χ0) is 21.6. The van der Waals surface area contributed by atoms with Crippen molar-refractivity contribution in [1.29, 1.82) is 0 Å². The molecule has 164 valence electrons. The van der Waals surface area contributed by atoms with Crippen molar-refractivity contribution in [3.63, 3.8) is 0 Å². The number of carbonyl (C=O) groups excluding carboxylic acids is 2. The molecule has 1 aromatic rings. The minimum absolute atomic E-state index is 0.123. The van der Waals surface area contributed by atoms with Gasteiger partial charge in [-0.05, 0) is 80.2 Å². The molecule has 2 aliphatic carbocycles. The number of fused-ring (bicyclic) bond motifs is 4. The lowest BCUT2D eigenvalue weighted by molar-refractivity contribution is -0.131. The first-order chi connectivity index (χ1) is 14.2. The summed E-state index contributed by atoms with van der Waals surface area (Å²) in [7, 11) is 0. The minimum atomic E-state index is -0.577. The number of carbonyl (C=O) groups is 2. The number of rotatable bonds is 8. The molecule has 6 nitrogen and oxygen atoms in total. The van der Waals surface area contributed by atoms with Gasteiger partial charge < -0.3 is 16.6 Å². The van der Waals surface area contributed by atoms with E-state index in [4.69, 9.17) is 11.5 Å². The van der Waals surface area contributed by atoms with Crippen LogP contribution in [0, 0.1) is 23.7 Å². The van der Waals surface area contributed by atoms with Crippen molar-refractivity contribution in [3.05, 3.63) is 29.3 Å². The third-order valence-corrected chi connectivity index (χ3v) is 8.33. The highest BCUT2D eigenvalue weighted by atomic mass is 16.3. The molecule has 30 heavy (non-hydrogen) atoms. The SMILES string of the molecule is C[C@H](C(N)=O)C(CC[C@]12CCN(CC3CC3)[C@H](Cc3ccc(O)cc31)[C@@H]2C)C(N)=O. The van der Waals surface area contributed by atoms with Gasteiger partial charge in [-0.2, -0.15) is 0 Å². The molecule has 1 unspecified atom stereocenters. The Hall–Kier alpha value is -2.08. The number of piperidine rings is 1. The molecule has 2 bridgehead atoms. The van der Waals surface area contributed by atoms with Gasteiger partial charge in [0.15, 0.2) is 0 Å². The molecule has 0 radical (unpaired) electrons. The van der Waals surface area contributed by atoms with E-state index in [1.807, 2.05) is 6.07 Å². The smallest absolute Gasteiger partial charge is 0.221 e. The Morgan fingerprint density at radius 1 is 1.27 bits per heavy atom. The summed E-state index contributed by atoms with van der Waals surface area (Å²) in [5.74, 6) is -0.542. The van der Waals surface area contributed by atoms with Crippen molar-refractivity contribution in [2.24, 2.45) is 35.1 Å². The predicted octanol–water partition coefficient (Wildman–Crippen LogP) is 2.31. The quantitative estimate of drug-likeness (QED) is 0.607. The van der Waals surface area contributed by atoms with Gasteiger partial charge in [0.1, 0.15) is 5.75 Å². The summed E-state index contributed by atoms with van der Waals surface area (Å²) in [5.41, 5.74) is 13.5. The molecule has 4 rings (SSSR count). The second-order valence-corrected chi connectivity index (χ2v) is 9.98. The fourth-order valence-corrected chi connectivity index (χ4v) is 6.13. The van der Waals surface area contributed by atoms with Gasteiger partial charge in [0.05, 0.1) is 0 Å². The lowest BCUT2D eigenvalue weighted by Gasteiger charge is -2.56. The highest BCUT2D eigenvalue weighted by Gasteiger charge is 2.51. The van der Waals surface area contributed by atoms with Crippen LogP contribution in [0.4, 0.5) is 0 Å². The molecule has 5 atom stereocenters. The third kappa shape index (κ3) is 3.70. The van der Waals surface area contributed by atoms with Gasteiger partial charge in [-0.3, -0.25) is 14.5 Å². The summed E-state index contributed by atoms with van der Waals surface area (Å²) < 4.78 is 0. The van der Waals surface area contributed by atoms with E-state index in [2.05, 4.69) is 17.9 Å². The summed E-state index contributed by atoms with van der Waals surface area (Å²) in [6.45, 7) is 6.24. The van der Waals surface area contributed by atoms with E-state index in [-0.39, 0.29) is 11.2 Å². The second kappa shape index (κ2) is 7.88. The molecule has 1 heterocycles. The summed E-state index contributed by atoms with van der Waals surface area (Å²) in [4.78, 5) is 26.5. The summed E-state index contributed by atoms with van der Waals surface area (Å²) in [6.07, 6.45) is 5.99. The minimum Gasteiger partial charge on any atom is -0.508 e. The van der Waals surface area contributed by atoms with Gasteiger partial charge >= 0.3 is 0 Å². The Morgan fingerprint density at radius 2 is 2.00 bits per heavy atom. The first kappa shape index (κ1) is 21.2. The lowest BCUT2D eigenvalue weighted by Crippen LogP contribution is -2.59. The average molecular weight is 414 g/mol. The van der Waals surface area contributed by atoms with Crippen molar-refractivity contribution < 1.29 is 14.7 Å². The van der Waals surface area contributed by atoms with Crippen LogP contribution in [-0.2, 0) is 21.4 Å². The normalized spacial score (nSPS) is 30.3. The van der Waals surface area contributed by atoms with Crippen LogP contribution < -0.4 is 11.5 Å². The maximum atomic E-state index is 12.1. The van der Waals surface area contributed by atoms with E-state index in [9.17, 15) is 14.7 Å². The van der Waals surface area contributed by atoms with E-state index in [1.54, 1.807) is 13.0 Å². The molecule has 3 aliphatic rings. The van der Waals surface area contributed by atoms with Gasteiger partial charge in [-0.1, -0.05) is 19.9 Å². The van der Waals surface area contributed by atoms with Crippen LogP contribution in [0.3, 0.4) is 0 Å². The van der Waals surface area contributed by atoms with E-state index in [1.165, 1.54) is 30.5 Å². The van der Waals surface area contributed by atoms with Gasteiger partial charge in [-0.25, -0.2) is 0 Å². The zero-order valence-electron chi connectivity index (χ0n) is 18.1. The molecule has 2 fully saturated rings. The number of phenolic OH excluding ortho intramolecular Hbond substituents is 1. The van der Waals surface area contributed by atoms with Crippen molar-refractivity contribution in [2.75, 3.05) is 13.1 Å². The van der Waals surface area contributed by atoms with Gasteiger partial charge in [0, 0.05) is 29.8 Å². The maximum Gasteiger partial charge on any atom is 0.221 e. The predicted molar refractivity (Wildman–Crippen MR) is 116 cm³/mol. The van der Waals surface area contributed by atoms with Crippen molar-refractivity contribution in [1.82, 2.24) is 4.90 Å². The molecule has 6 heteroatoms. The lowest BCUT2D eigenvalue weighted by atomic mass is 9.55. The molecule has 0 aromatic heterocycles. The first-order valence-electron chi connectivity index (χ1n) is 11.4. The van der Waals surface area contributed by atoms with Crippen LogP contribution in [0.1, 0.15) is 57.1 Å². The fraction of sp³-hybridized carbons (Fsp3) is 0.667. The van der Waals surface area contributed by atoms with Gasteiger partial charge in [0.25, 0.3) is 0 Å². The molecule has 0 spiro atoms. The zero-order valence-corrected chi connectivity index (χ0v) is 18.1. The summed E-state index contributed by atoms with van der Waals surface area (Å²) in [6, 6.07) is 6.24.